The quantitative estimate of drug-likeness (QED) is 0.764. The minimum Gasteiger partial charge on any atom is -0.421 e. The first-order chi connectivity index (χ1) is 15.1. The average molecular weight is 425 g/mol. The molecule has 2 aromatic rings. The second-order valence-corrected chi connectivity index (χ2v) is 8.87. The highest BCUT2D eigenvalue weighted by molar-refractivity contribution is 5.79. The molecule has 166 valence electrons. The van der Waals surface area contributed by atoms with Crippen LogP contribution in [0.15, 0.2) is 28.7 Å². The van der Waals surface area contributed by atoms with Gasteiger partial charge in [0, 0.05) is 43.5 Å². The molecule has 7 nitrogen and oxygen atoms in total. The van der Waals surface area contributed by atoms with Gasteiger partial charge in [0.2, 0.25) is 23.6 Å². The van der Waals surface area contributed by atoms with Crippen molar-refractivity contribution in [3.05, 3.63) is 35.7 Å². The molecule has 0 spiro atoms. The molecule has 1 N–H and O–H groups in total. The lowest BCUT2D eigenvalue weighted by atomic mass is 9.88. The summed E-state index contributed by atoms with van der Waals surface area (Å²) in [4.78, 5) is 26.9. The monoisotopic (exact) mass is 424 g/mol. The molecule has 1 saturated carbocycles. The van der Waals surface area contributed by atoms with E-state index in [-0.39, 0.29) is 23.8 Å². The highest BCUT2D eigenvalue weighted by Crippen LogP contribution is 2.24. The van der Waals surface area contributed by atoms with Gasteiger partial charge in [-0.2, -0.15) is 0 Å². The number of hydrogen-bond acceptors (Lipinski definition) is 5. The molecule has 0 bridgehead atoms. The van der Waals surface area contributed by atoms with E-state index in [1.54, 1.807) is 0 Å². The van der Waals surface area contributed by atoms with Crippen LogP contribution in [0.5, 0.6) is 0 Å². The largest absolute Gasteiger partial charge is 0.421 e. The number of nitrogens with one attached hydrogen (secondary N) is 1. The third-order valence-corrected chi connectivity index (χ3v) is 6.49. The predicted octanol–water partition coefficient (Wildman–Crippen LogP) is 3.67. The van der Waals surface area contributed by atoms with Crippen molar-refractivity contribution in [2.24, 2.45) is 5.92 Å². The highest BCUT2D eigenvalue weighted by Gasteiger charge is 2.27. The fourth-order valence-corrected chi connectivity index (χ4v) is 4.50. The number of likely N-dealkylation sites (tertiary alicyclic amines) is 1. The van der Waals surface area contributed by atoms with Crippen molar-refractivity contribution >= 4 is 11.8 Å². The number of carbonyl (C=O) groups is 2. The molecule has 2 aliphatic rings. The number of aromatic nitrogens is 2. The van der Waals surface area contributed by atoms with Crippen molar-refractivity contribution in [3.63, 3.8) is 0 Å². The summed E-state index contributed by atoms with van der Waals surface area (Å²) in [5.41, 5.74) is 2.06. The molecule has 31 heavy (non-hydrogen) atoms. The van der Waals surface area contributed by atoms with E-state index in [1.807, 2.05) is 36.1 Å². The van der Waals surface area contributed by atoms with E-state index in [2.05, 4.69) is 15.5 Å². The maximum absolute atomic E-state index is 12.6. The number of benzene rings is 1. The normalized spacial score (nSPS) is 18.2. The number of aryl methyl sites for hydroxylation is 2. The van der Waals surface area contributed by atoms with Crippen LogP contribution >= 0.6 is 0 Å². The summed E-state index contributed by atoms with van der Waals surface area (Å²) < 4.78 is 5.73. The number of piperidine rings is 1. The van der Waals surface area contributed by atoms with Crippen molar-refractivity contribution in [3.8, 4) is 11.5 Å². The van der Waals surface area contributed by atoms with Crippen molar-refractivity contribution in [1.82, 2.24) is 20.4 Å². The minimum atomic E-state index is 0.104. The summed E-state index contributed by atoms with van der Waals surface area (Å²) in [7, 11) is 0. The zero-order chi connectivity index (χ0) is 21.6. The van der Waals surface area contributed by atoms with E-state index in [9.17, 15) is 9.59 Å². The van der Waals surface area contributed by atoms with E-state index in [4.69, 9.17) is 4.42 Å². The first-order valence-corrected chi connectivity index (χ1v) is 11.6. The number of hydrogen-bond donors (Lipinski definition) is 1. The van der Waals surface area contributed by atoms with Gasteiger partial charge in [-0.25, -0.2) is 0 Å². The smallest absolute Gasteiger partial charge is 0.247 e. The summed E-state index contributed by atoms with van der Waals surface area (Å²) in [6.45, 7) is 3.40. The summed E-state index contributed by atoms with van der Waals surface area (Å²) in [6, 6.07) is 8.10. The Hall–Kier alpha value is -2.70. The van der Waals surface area contributed by atoms with Gasteiger partial charge in [-0.3, -0.25) is 9.59 Å². The van der Waals surface area contributed by atoms with Gasteiger partial charge in [0.05, 0.1) is 0 Å². The molecule has 4 rings (SSSR count). The standard InChI is InChI=1S/C24H32N4O3/c1-17-7-9-19(10-8-17)24-27-26-21(31-24)11-12-22(29)28-15-13-20(14-16-28)25-23(30)18-5-3-2-4-6-18/h7-10,18,20H,2-6,11-16H2,1H3,(H,25,30). The topological polar surface area (TPSA) is 88.3 Å². The zero-order valence-corrected chi connectivity index (χ0v) is 18.3. The van der Waals surface area contributed by atoms with Crippen LogP contribution in [-0.2, 0) is 16.0 Å². The Kier molecular flexibility index (Phi) is 6.99. The molecule has 1 aromatic heterocycles. The maximum Gasteiger partial charge on any atom is 0.247 e. The van der Waals surface area contributed by atoms with E-state index < -0.39 is 0 Å². The Morgan fingerprint density at radius 1 is 1.03 bits per heavy atom. The zero-order valence-electron chi connectivity index (χ0n) is 18.3. The van der Waals surface area contributed by atoms with Gasteiger partial charge in [-0.05, 0) is 44.7 Å². The summed E-state index contributed by atoms with van der Waals surface area (Å²) >= 11 is 0. The molecule has 0 radical (unpaired) electrons. The molecular weight excluding hydrogens is 392 g/mol. The Balaban J connectivity index is 1.20. The molecule has 1 saturated heterocycles. The number of amides is 2. The summed E-state index contributed by atoms with van der Waals surface area (Å²) in [5.74, 6) is 1.47. The molecule has 1 aliphatic heterocycles. The fraction of sp³-hybridized carbons (Fsp3) is 0.583. The molecular formula is C24H32N4O3. The average Bonchev–Trinajstić information content (AvgIpc) is 3.28. The third-order valence-electron chi connectivity index (χ3n) is 6.49. The fourth-order valence-electron chi connectivity index (χ4n) is 4.50. The van der Waals surface area contributed by atoms with Gasteiger partial charge in [-0.15, -0.1) is 10.2 Å². The molecule has 7 heteroatoms. The van der Waals surface area contributed by atoms with Crippen LogP contribution in [0.25, 0.3) is 11.5 Å². The van der Waals surface area contributed by atoms with Crippen LogP contribution in [0.1, 0.15) is 62.8 Å². The predicted molar refractivity (Wildman–Crippen MR) is 117 cm³/mol. The Morgan fingerprint density at radius 3 is 2.45 bits per heavy atom. The Bertz CT molecular complexity index is 878. The second kappa shape index (κ2) is 10.1. The van der Waals surface area contributed by atoms with E-state index >= 15 is 0 Å². The maximum atomic E-state index is 12.6. The molecule has 2 amide bonds. The van der Waals surface area contributed by atoms with Crippen LogP contribution < -0.4 is 5.32 Å². The van der Waals surface area contributed by atoms with Crippen LogP contribution in [0.3, 0.4) is 0 Å². The molecule has 1 aliphatic carbocycles. The van der Waals surface area contributed by atoms with Gasteiger partial charge < -0.3 is 14.6 Å². The second-order valence-electron chi connectivity index (χ2n) is 8.87. The number of carbonyl (C=O) groups excluding carboxylic acids is 2. The summed E-state index contributed by atoms with van der Waals surface area (Å²) in [5, 5.41) is 11.4. The molecule has 0 unspecified atom stereocenters. The van der Waals surface area contributed by atoms with Crippen LogP contribution in [-0.4, -0.2) is 46.0 Å². The lowest BCUT2D eigenvalue weighted by Gasteiger charge is -2.33. The van der Waals surface area contributed by atoms with Crippen LogP contribution in [0.2, 0.25) is 0 Å². The lowest BCUT2D eigenvalue weighted by molar-refractivity contribution is -0.132. The van der Waals surface area contributed by atoms with Gasteiger partial charge in [-0.1, -0.05) is 37.0 Å². The first-order valence-electron chi connectivity index (χ1n) is 11.6. The third kappa shape index (κ3) is 5.71. The Morgan fingerprint density at radius 2 is 1.74 bits per heavy atom. The van der Waals surface area contributed by atoms with Gasteiger partial charge in [0.15, 0.2) is 0 Å². The minimum absolute atomic E-state index is 0.104. The summed E-state index contributed by atoms with van der Waals surface area (Å²) in [6.07, 6.45) is 8.06. The lowest BCUT2D eigenvalue weighted by Crippen LogP contribution is -2.48. The van der Waals surface area contributed by atoms with Gasteiger partial charge in [0.1, 0.15) is 0 Å². The SMILES string of the molecule is Cc1ccc(-c2nnc(CCC(=O)N3CCC(NC(=O)C4CCCCC4)CC3)o2)cc1. The van der Waals surface area contributed by atoms with Crippen molar-refractivity contribution < 1.29 is 14.0 Å². The highest BCUT2D eigenvalue weighted by atomic mass is 16.4. The van der Waals surface area contributed by atoms with Crippen molar-refractivity contribution in [2.75, 3.05) is 13.1 Å². The van der Waals surface area contributed by atoms with Crippen LogP contribution in [0, 0.1) is 12.8 Å². The van der Waals surface area contributed by atoms with Crippen molar-refractivity contribution in [2.45, 2.75) is 70.8 Å². The molecule has 0 atom stereocenters. The van der Waals surface area contributed by atoms with E-state index in [0.29, 0.717) is 37.7 Å². The van der Waals surface area contributed by atoms with E-state index in [0.717, 1.165) is 44.1 Å². The van der Waals surface area contributed by atoms with Gasteiger partial charge in [0.25, 0.3) is 0 Å². The molecule has 2 heterocycles. The molecule has 2 fully saturated rings. The van der Waals surface area contributed by atoms with E-state index in [1.165, 1.54) is 12.0 Å². The Labute approximate surface area is 183 Å². The van der Waals surface area contributed by atoms with Crippen LogP contribution in [0.4, 0.5) is 0 Å². The molecule has 1 aromatic carbocycles. The van der Waals surface area contributed by atoms with Crippen molar-refractivity contribution in [1.29, 1.82) is 0 Å². The first kappa shape index (κ1) is 21.5. The number of nitrogens with zero attached hydrogens (tertiary/aromatic N) is 3. The number of rotatable bonds is 6. The van der Waals surface area contributed by atoms with Gasteiger partial charge >= 0.3 is 0 Å².